The average Bonchev–Trinajstić information content (AvgIpc) is 3.63. The number of halogens is 4. The van der Waals surface area contributed by atoms with E-state index in [0.29, 0.717) is 41.9 Å². The largest absolute Gasteiger partial charge is 0.406 e. The van der Waals surface area contributed by atoms with E-state index >= 15 is 0 Å². The molecular formula is C26H27F4N7O2. The Morgan fingerprint density at radius 1 is 1.28 bits per heavy atom. The molecule has 0 saturated carbocycles. The van der Waals surface area contributed by atoms with Gasteiger partial charge >= 0.3 is 6.18 Å². The molecule has 1 aliphatic rings. The van der Waals surface area contributed by atoms with Crippen molar-refractivity contribution in [3.05, 3.63) is 54.2 Å². The standard InChI is InChI=1S/C26H27F4N7O2/c1-3-36-10-7-16(13-36)25(38)31-12-23-33-24(34-39-23)22-11-17-19(32-20-8-9-35(2)14-18(20)27)5-4-6-21(17)37(22)15-26(28,29)30/h4-7,10-11,13,18H,3,8-9,12,14-15H2,1-2H3,(H,31,38)/b32-20+/t18-/m0/s1. The van der Waals surface area contributed by atoms with Gasteiger partial charge in [-0.25, -0.2) is 4.39 Å². The second-order valence-corrected chi connectivity index (χ2v) is 9.45. The topological polar surface area (TPSA) is 93.5 Å². The molecular weight excluding hydrogens is 518 g/mol. The SMILES string of the molecule is CCn1ccc(C(=O)NCc2nc(-c3cc4c(/N=C5\CCN(C)C[C@@H]5F)cccc4n3CC(F)(F)F)no2)c1. The van der Waals surface area contributed by atoms with Gasteiger partial charge in [-0.1, -0.05) is 11.2 Å². The van der Waals surface area contributed by atoms with E-state index in [1.54, 1.807) is 36.7 Å². The van der Waals surface area contributed by atoms with Crippen molar-refractivity contribution >= 4 is 28.2 Å². The number of carbonyl (C=O) groups is 1. The third-order valence-corrected chi connectivity index (χ3v) is 6.58. The van der Waals surface area contributed by atoms with Crippen molar-refractivity contribution < 1.29 is 26.9 Å². The van der Waals surface area contributed by atoms with Crippen molar-refractivity contribution in [2.24, 2.45) is 4.99 Å². The quantitative estimate of drug-likeness (QED) is 0.339. The van der Waals surface area contributed by atoms with Crippen LogP contribution in [0.15, 0.2) is 52.2 Å². The van der Waals surface area contributed by atoms with E-state index in [1.165, 1.54) is 6.07 Å². The van der Waals surface area contributed by atoms with Gasteiger partial charge in [-0.3, -0.25) is 9.79 Å². The number of amides is 1. The molecule has 0 unspecified atom stereocenters. The van der Waals surface area contributed by atoms with E-state index < -0.39 is 18.9 Å². The Bertz CT molecular complexity index is 1520. The number of aryl methyl sites for hydroxylation is 1. The monoisotopic (exact) mass is 545 g/mol. The summed E-state index contributed by atoms with van der Waals surface area (Å²) < 4.78 is 63.5. The highest BCUT2D eigenvalue weighted by Crippen LogP contribution is 2.35. The molecule has 5 rings (SSSR count). The number of hydrogen-bond acceptors (Lipinski definition) is 6. The summed E-state index contributed by atoms with van der Waals surface area (Å²) in [6.45, 7) is 2.11. The molecule has 1 N–H and O–H groups in total. The number of fused-ring (bicyclic) bond motifs is 1. The Balaban J connectivity index is 1.45. The summed E-state index contributed by atoms with van der Waals surface area (Å²) in [4.78, 5) is 23.0. The van der Waals surface area contributed by atoms with Gasteiger partial charge in [0, 0.05) is 43.8 Å². The van der Waals surface area contributed by atoms with Crippen LogP contribution in [0.2, 0.25) is 0 Å². The minimum absolute atomic E-state index is 0.0316. The van der Waals surface area contributed by atoms with Gasteiger partial charge in [-0.15, -0.1) is 0 Å². The zero-order chi connectivity index (χ0) is 27.7. The number of likely N-dealkylation sites (tertiary alicyclic amines) is 1. The molecule has 1 aliphatic heterocycles. The maximum absolute atomic E-state index is 14.6. The Kier molecular flexibility index (Phi) is 7.25. The first-order valence-electron chi connectivity index (χ1n) is 12.5. The van der Waals surface area contributed by atoms with E-state index in [-0.39, 0.29) is 41.9 Å². The first-order chi connectivity index (χ1) is 18.6. The molecule has 4 heterocycles. The van der Waals surface area contributed by atoms with Crippen molar-refractivity contribution in [2.45, 2.75) is 45.3 Å². The fourth-order valence-electron chi connectivity index (χ4n) is 4.57. The van der Waals surface area contributed by atoms with Crippen molar-refractivity contribution in [1.29, 1.82) is 0 Å². The van der Waals surface area contributed by atoms with E-state index in [0.717, 1.165) is 4.57 Å². The molecule has 0 bridgehead atoms. The smallest absolute Gasteiger partial charge is 0.354 e. The highest BCUT2D eigenvalue weighted by molar-refractivity contribution is 5.99. The van der Waals surface area contributed by atoms with Crippen molar-refractivity contribution in [3.8, 4) is 11.5 Å². The van der Waals surface area contributed by atoms with Crippen LogP contribution in [-0.2, 0) is 19.6 Å². The second-order valence-electron chi connectivity index (χ2n) is 9.45. The number of nitrogens with zero attached hydrogens (tertiary/aromatic N) is 6. The molecule has 3 aromatic heterocycles. The molecule has 0 radical (unpaired) electrons. The lowest BCUT2D eigenvalue weighted by Gasteiger charge is -2.26. The van der Waals surface area contributed by atoms with Gasteiger partial charge in [0.15, 0.2) is 6.17 Å². The second kappa shape index (κ2) is 10.6. The number of carbonyl (C=O) groups excluding carboxylic acids is 1. The lowest BCUT2D eigenvalue weighted by molar-refractivity contribution is -0.139. The molecule has 9 nitrogen and oxygen atoms in total. The van der Waals surface area contributed by atoms with E-state index in [9.17, 15) is 22.4 Å². The summed E-state index contributed by atoms with van der Waals surface area (Å²) >= 11 is 0. The fraction of sp³-hybridized carbons (Fsp3) is 0.385. The predicted molar refractivity (Wildman–Crippen MR) is 137 cm³/mol. The summed E-state index contributed by atoms with van der Waals surface area (Å²) in [7, 11) is 1.82. The van der Waals surface area contributed by atoms with Crippen LogP contribution in [0, 0.1) is 0 Å². The number of aliphatic imine (C=N–C) groups is 1. The number of aromatic nitrogens is 4. The van der Waals surface area contributed by atoms with Gasteiger partial charge in [0.2, 0.25) is 11.7 Å². The molecule has 1 fully saturated rings. The highest BCUT2D eigenvalue weighted by atomic mass is 19.4. The molecule has 1 aromatic carbocycles. The Hall–Kier alpha value is -4.00. The molecule has 13 heteroatoms. The predicted octanol–water partition coefficient (Wildman–Crippen LogP) is 4.75. The highest BCUT2D eigenvalue weighted by Gasteiger charge is 2.31. The van der Waals surface area contributed by atoms with Gasteiger partial charge in [-0.05, 0) is 38.2 Å². The summed E-state index contributed by atoms with van der Waals surface area (Å²) in [6.07, 6.45) is -1.89. The van der Waals surface area contributed by atoms with Gasteiger partial charge in [0.25, 0.3) is 5.91 Å². The Morgan fingerprint density at radius 2 is 2.10 bits per heavy atom. The van der Waals surface area contributed by atoms with Crippen LogP contribution in [0.25, 0.3) is 22.4 Å². The molecule has 0 aliphatic carbocycles. The Morgan fingerprint density at radius 3 is 2.82 bits per heavy atom. The van der Waals surface area contributed by atoms with Crippen molar-refractivity contribution in [3.63, 3.8) is 0 Å². The van der Waals surface area contributed by atoms with Crippen LogP contribution in [0.4, 0.5) is 23.2 Å². The summed E-state index contributed by atoms with van der Waals surface area (Å²) in [5, 5.41) is 6.95. The molecule has 206 valence electrons. The summed E-state index contributed by atoms with van der Waals surface area (Å²) in [5.41, 5.74) is 1.50. The van der Waals surface area contributed by atoms with Crippen LogP contribution in [0.5, 0.6) is 0 Å². The lowest BCUT2D eigenvalue weighted by Crippen LogP contribution is -2.39. The average molecular weight is 546 g/mol. The molecule has 1 saturated heterocycles. The van der Waals surface area contributed by atoms with Crippen LogP contribution < -0.4 is 5.32 Å². The number of piperidine rings is 1. The number of nitrogens with one attached hydrogen (secondary N) is 1. The molecule has 4 aromatic rings. The molecule has 1 atom stereocenters. The van der Waals surface area contributed by atoms with Gasteiger partial charge in [-0.2, -0.15) is 18.2 Å². The molecule has 0 spiro atoms. The zero-order valence-corrected chi connectivity index (χ0v) is 21.4. The first-order valence-corrected chi connectivity index (χ1v) is 12.5. The van der Waals surface area contributed by atoms with Crippen molar-refractivity contribution in [2.75, 3.05) is 20.1 Å². The first kappa shape index (κ1) is 26.6. The van der Waals surface area contributed by atoms with Gasteiger partial charge < -0.3 is 23.9 Å². The number of alkyl halides is 4. The van der Waals surface area contributed by atoms with Gasteiger partial charge in [0.05, 0.1) is 34.7 Å². The maximum Gasteiger partial charge on any atom is 0.406 e. The summed E-state index contributed by atoms with van der Waals surface area (Å²) in [5.74, 6) is -0.390. The fourth-order valence-corrected chi connectivity index (χ4v) is 4.57. The van der Waals surface area contributed by atoms with Crippen LogP contribution >= 0.6 is 0 Å². The van der Waals surface area contributed by atoms with Crippen LogP contribution in [-0.4, -0.2) is 68.3 Å². The number of benzene rings is 1. The number of rotatable bonds is 7. The maximum atomic E-state index is 14.6. The molecule has 39 heavy (non-hydrogen) atoms. The normalized spacial score (nSPS) is 17.8. The van der Waals surface area contributed by atoms with E-state index in [4.69, 9.17) is 4.52 Å². The summed E-state index contributed by atoms with van der Waals surface area (Å²) in [6, 6.07) is 7.95. The van der Waals surface area contributed by atoms with Crippen molar-refractivity contribution in [1.82, 2.24) is 29.5 Å². The van der Waals surface area contributed by atoms with Crippen LogP contribution in [0.3, 0.4) is 0 Å². The molecule has 1 amide bonds. The lowest BCUT2D eigenvalue weighted by atomic mass is 10.1. The van der Waals surface area contributed by atoms with Gasteiger partial charge in [0.1, 0.15) is 6.54 Å². The number of hydrogen-bond donors (Lipinski definition) is 1. The minimum atomic E-state index is -4.53. The third-order valence-electron chi connectivity index (χ3n) is 6.58. The van der Waals surface area contributed by atoms with E-state index in [1.807, 2.05) is 23.4 Å². The minimum Gasteiger partial charge on any atom is -0.354 e. The van der Waals surface area contributed by atoms with Crippen LogP contribution in [0.1, 0.15) is 29.6 Å². The van der Waals surface area contributed by atoms with E-state index in [2.05, 4.69) is 20.4 Å². The third kappa shape index (κ3) is 5.87. The zero-order valence-electron chi connectivity index (χ0n) is 21.4. The Labute approximate surface area is 221 Å².